The molecule has 1 aliphatic rings. The van der Waals surface area contributed by atoms with Crippen molar-refractivity contribution in [2.24, 2.45) is 0 Å². The number of nitrogen functional groups attached to an aromatic ring is 1. The van der Waals surface area contributed by atoms with Crippen molar-refractivity contribution in [3.8, 4) is 0 Å². The van der Waals surface area contributed by atoms with Gasteiger partial charge >= 0.3 is 6.16 Å². The average molecular weight is 281 g/mol. The summed E-state index contributed by atoms with van der Waals surface area (Å²) in [7, 11) is 0. The molecule has 1 fully saturated rings. The van der Waals surface area contributed by atoms with Crippen LogP contribution in [-0.2, 0) is 20.9 Å². The lowest BCUT2D eigenvalue weighted by Crippen LogP contribution is -2.19. The van der Waals surface area contributed by atoms with Gasteiger partial charge in [-0.1, -0.05) is 0 Å². The minimum absolute atomic E-state index is 0.00220. The van der Waals surface area contributed by atoms with E-state index in [0.29, 0.717) is 5.65 Å². The van der Waals surface area contributed by atoms with E-state index < -0.39 is 17.8 Å². The largest absolute Gasteiger partial charge is 0.508 e. The summed E-state index contributed by atoms with van der Waals surface area (Å²) in [6.45, 7) is 0.429. The maximum absolute atomic E-state index is 11.6. The van der Waals surface area contributed by atoms with Crippen molar-refractivity contribution in [3.05, 3.63) is 16.7 Å². The number of aromatic nitrogens is 4. The Morgan fingerprint density at radius 1 is 1.55 bits per heavy atom. The minimum atomic E-state index is -0.701. The Labute approximate surface area is 111 Å². The predicted octanol–water partition coefficient (Wildman–Crippen LogP) is -0.789. The van der Waals surface area contributed by atoms with Crippen LogP contribution in [0.4, 0.5) is 10.7 Å². The SMILES string of the molecule is Nc1nc2c(ncn2COCC2COC(=O)O2)c(=O)[nH]1. The molecule has 106 valence electrons. The summed E-state index contributed by atoms with van der Waals surface area (Å²) in [5.41, 5.74) is 5.57. The Balaban J connectivity index is 1.69. The molecule has 0 radical (unpaired) electrons. The van der Waals surface area contributed by atoms with Crippen LogP contribution < -0.4 is 11.3 Å². The topological polar surface area (TPSA) is 134 Å². The lowest BCUT2D eigenvalue weighted by atomic mass is 10.4. The highest BCUT2D eigenvalue weighted by atomic mass is 16.8. The van der Waals surface area contributed by atoms with Crippen molar-refractivity contribution in [1.82, 2.24) is 19.5 Å². The highest BCUT2D eigenvalue weighted by molar-refractivity contribution is 5.70. The summed E-state index contributed by atoms with van der Waals surface area (Å²) in [6, 6.07) is 0. The number of rotatable bonds is 4. The molecule has 3 rings (SSSR count). The number of nitrogens with two attached hydrogens (primary N) is 1. The second-order valence-electron chi connectivity index (χ2n) is 4.14. The van der Waals surface area contributed by atoms with Crippen molar-refractivity contribution in [3.63, 3.8) is 0 Å². The molecule has 0 amide bonds. The van der Waals surface area contributed by atoms with E-state index in [2.05, 4.69) is 19.7 Å². The van der Waals surface area contributed by atoms with Crippen molar-refractivity contribution in [2.75, 3.05) is 18.9 Å². The Hall–Kier alpha value is -2.62. The molecule has 0 bridgehead atoms. The van der Waals surface area contributed by atoms with Gasteiger partial charge in [0.2, 0.25) is 5.95 Å². The van der Waals surface area contributed by atoms with Gasteiger partial charge in [-0.25, -0.2) is 9.78 Å². The van der Waals surface area contributed by atoms with Gasteiger partial charge in [0, 0.05) is 0 Å². The number of carbonyl (C=O) groups is 1. The number of nitrogens with zero attached hydrogens (tertiary/aromatic N) is 3. The molecule has 20 heavy (non-hydrogen) atoms. The Kier molecular flexibility index (Phi) is 2.99. The highest BCUT2D eigenvalue weighted by Gasteiger charge is 2.25. The van der Waals surface area contributed by atoms with Crippen LogP contribution in [-0.4, -0.2) is 45.0 Å². The molecule has 0 saturated carbocycles. The second-order valence-corrected chi connectivity index (χ2v) is 4.14. The molecule has 3 heterocycles. The van der Waals surface area contributed by atoms with E-state index in [1.807, 2.05) is 0 Å². The number of hydrogen-bond donors (Lipinski definition) is 2. The van der Waals surface area contributed by atoms with Crippen LogP contribution in [0.15, 0.2) is 11.1 Å². The standard InChI is InChI=1S/C10H11N5O5/c11-9-13-7-6(8(16)14-9)12-3-15(7)4-18-1-5-2-19-10(17)20-5/h3,5H,1-2,4H2,(H3,11,13,14,16). The van der Waals surface area contributed by atoms with Crippen molar-refractivity contribution < 1.29 is 19.0 Å². The van der Waals surface area contributed by atoms with Gasteiger partial charge in [0.1, 0.15) is 13.3 Å². The molecular weight excluding hydrogens is 270 g/mol. The van der Waals surface area contributed by atoms with Crippen molar-refractivity contribution >= 4 is 23.3 Å². The number of H-pyrrole nitrogens is 1. The summed E-state index contributed by atoms with van der Waals surface area (Å²) in [5, 5.41) is 0. The molecule has 3 N–H and O–H groups in total. The third-order valence-electron chi connectivity index (χ3n) is 2.68. The number of imidazole rings is 1. The third-order valence-corrected chi connectivity index (χ3v) is 2.68. The van der Waals surface area contributed by atoms with Crippen LogP contribution in [0.3, 0.4) is 0 Å². The first kappa shape index (κ1) is 12.4. The van der Waals surface area contributed by atoms with Crippen molar-refractivity contribution in [2.45, 2.75) is 12.8 Å². The fourth-order valence-corrected chi connectivity index (χ4v) is 1.80. The van der Waals surface area contributed by atoms with E-state index in [1.165, 1.54) is 10.9 Å². The number of cyclic esters (lactones) is 2. The fraction of sp³-hybridized carbons (Fsp3) is 0.400. The fourth-order valence-electron chi connectivity index (χ4n) is 1.80. The molecule has 0 spiro atoms. The van der Waals surface area contributed by atoms with Gasteiger partial charge in [-0.2, -0.15) is 4.98 Å². The highest BCUT2D eigenvalue weighted by Crippen LogP contribution is 2.09. The Morgan fingerprint density at radius 3 is 3.15 bits per heavy atom. The monoisotopic (exact) mass is 281 g/mol. The van der Waals surface area contributed by atoms with Gasteiger partial charge in [0.15, 0.2) is 17.3 Å². The summed E-state index contributed by atoms with van der Waals surface area (Å²) in [4.78, 5) is 32.6. The van der Waals surface area contributed by atoms with Crippen LogP contribution in [0.25, 0.3) is 11.2 Å². The number of anilines is 1. The smallest absolute Gasteiger partial charge is 0.430 e. The molecule has 1 unspecified atom stereocenters. The second kappa shape index (κ2) is 4.81. The number of fused-ring (bicyclic) bond motifs is 1. The Bertz CT molecular complexity index is 708. The van der Waals surface area contributed by atoms with Gasteiger partial charge in [0.25, 0.3) is 5.56 Å². The van der Waals surface area contributed by atoms with Gasteiger partial charge in [-0.05, 0) is 0 Å². The average Bonchev–Trinajstić information content (AvgIpc) is 2.97. The van der Waals surface area contributed by atoms with E-state index >= 15 is 0 Å². The molecule has 0 aromatic carbocycles. The summed E-state index contributed by atoms with van der Waals surface area (Å²) >= 11 is 0. The predicted molar refractivity (Wildman–Crippen MR) is 64.7 cm³/mol. The zero-order chi connectivity index (χ0) is 14.1. The first-order chi connectivity index (χ1) is 9.63. The quantitative estimate of drug-likeness (QED) is 0.696. The van der Waals surface area contributed by atoms with Crippen LogP contribution in [0.5, 0.6) is 0 Å². The van der Waals surface area contributed by atoms with Gasteiger partial charge in [0.05, 0.1) is 12.9 Å². The minimum Gasteiger partial charge on any atom is -0.430 e. The molecular formula is C10H11N5O5. The van der Waals surface area contributed by atoms with Gasteiger partial charge < -0.3 is 19.9 Å². The number of carbonyl (C=O) groups excluding carboxylic acids is 1. The van der Waals surface area contributed by atoms with E-state index in [-0.39, 0.29) is 31.4 Å². The van der Waals surface area contributed by atoms with Crippen LogP contribution in [0.1, 0.15) is 0 Å². The molecule has 10 nitrogen and oxygen atoms in total. The lowest BCUT2D eigenvalue weighted by molar-refractivity contribution is 0.0157. The summed E-state index contributed by atoms with van der Waals surface area (Å²) < 4.78 is 16.3. The molecule has 1 atom stereocenters. The number of hydrogen-bond acceptors (Lipinski definition) is 8. The molecule has 1 saturated heterocycles. The van der Waals surface area contributed by atoms with E-state index in [4.69, 9.17) is 15.2 Å². The first-order valence-electron chi connectivity index (χ1n) is 5.75. The molecule has 10 heteroatoms. The lowest BCUT2D eigenvalue weighted by Gasteiger charge is -2.08. The first-order valence-corrected chi connectivity index (χ1v) is 5.75. The summed E-state index contributed by atoms with van der Waals surface area (Å²) in [6.07, 6.45) is 0.287. The molecule has 0 aliphatic carbocycles. The Morgan fingerprint density at radius 2 is 2.40 bits per heavy atom. The van der Waals surface area contributed by atoms with E-state index in [0.717, 1.165) is 0 Å². The normalized spacial score (nSPS) is 18.2. The molecule has 2 aromatic heterocycles. The number of aromatic amines is 1. The maximum Gasteiger partial charge on any atom is 0.508 e. The summed E-state index contributed by atoms with van der Waals surface area (Å²) in [5.74, 6) is 0.00220. The van der Waals surface area contributed by atoms with E-state index in [1.54, 1.807) is 0 Å². The zero-order valence-corrected chi connectivity index (χ0v) is 10.2. The van der Waals surface area contributed by atoms with Crippen LogP contribution >= 0.6 is 0 Å². The van der Waals surface area contributed by atoms with Gasteiger partial charge in [-0.3, -0.25) is 14.3 Å². The number of ether oxygens (including phenoxy) is 3. The van der Waals surface area contributed by atoms with Crippen LogP contribution in [0.2, 0.25) is 0 Å². The third kappa shape index (κ3) is 2.28. The molecule has 2 aromatic rings. The van der Waals surface area contributed by atoms with Gasteiger partial charge in [-0.15, -0.1) is 0 Å². The maximum atomic E-state index is 11.6. The van der Waals surface area contributed by atoms with Crippen molar-refractivity contribution in [1.29, 1.82) is 0 Å². The van der Waals surface area contributed by atoms with Crippen LogP contribution in [0, 0.1) is 0 Å². The zero-order valence-electron chi connectivity index (χ0n) is 10.2. The molecule has 1 aliphatic heterocycles. The van der Waals surface area contributed by atoms with E-state index in [9.17, 15) is 9.59 Å². The number of nitrogens with one attached hydrogen (secondary N) is 1.